The van der Waals surface area contributed by atoms with Gasteiger partial charge < -0.3 is 87.4 Å². The van der Waals surface area contributed by atoms with Crippen molar-refractivity contribution in [1.82, 2.24) is 33.7 Å². The molecule has 42 heteroatoms. The van der Waals surface area contributed by atoms with Crippen molar-refractivity contribution in [2.75, 3.05) is 83.6 Å². The van der Waals surface area contributed by atoms with Gasteiger partial charge in [0.2, 0.25) is 0 Å². The van der Waals surface area contributed by atoms with Crippen LogP contribution >= 0.6 is 12.4 Å². The van der Waals surface area contributed by atoms with E-state index in [-0.39, 0.29) is 99.1 Å². The van der Waals surface area contributed by atoms with E-state index in [0.29, 0.717) is 101 Å². The molecule has 0 spiro atoms. The minimum absolute atomic E-state index is 0. The lowest BCUT2D eigenvalue weighted by Crippen LogP contribution is -2.31. The molecule has 0 radical (unpaired) electrons. The van der Waals surface area contributed by atoms with Gasteiger partial charge in [-0.25, -0.2) is 36.5 Å². The summed E-state index contributed by atoms with van der Waals surface area (Å²) in [5.74, 6) is 3.70. The van der Waals surface area contributed by atoms with Gasteiger partial charge >= 0.3 is 42.7 Å². The van der Waals surface area contributed by atoms with Gasteiger partial charge in [0.15, 0.2) is 6.29 Å². The number of aromatic amines is 2. The zero-order chi connectivity index (χ0) is 106. The summed E-state index contributed by atoms with van der Waals surface area (Å²) in [6.07, 6.45) is 2.76. The molecular formula is C102H95ClF16N8O17. The largest absolute Gasteiger partial charge is 0.497 e. The van der Waals surface area contributed by atoms with Crippen molar-refractivity contribution in [1.29, 1.82) is 0 Å². The third-order valence-corrected chi connectivity index (χ3v) is 20.2. The summed E-state index contributed by atoms with van der Waals surface area (Å²) in [6, 6.07) is 36.6. The molecule has 0 unspecified atom stereocenters. The molecule has 0 aliphatic heterocycles. The molecule has 0 fully saturated rings. The number of carbonyl (C=O) groups is 5. The number of carboxylic acids is 1. The number of halogens is 17. The second-order valence-corrected chi connectivity index (χ2v) is 30.5. The fraction of sp³-hybridized carbons (Fsp3) is 0.235. The molecule has 25 nitrogen and oxygen atoms in total. The second-order valence-electron chi connectivity index (χ2n) is 30.5. The van der Waals surface area contributed by atoms with Crippen LogP contribution in [0.4, 0.5) is 75.0 Å². The number of aryl methyl sites for hydroxylation is 1. The van der Waals surface area contributed by atoms with Crippen molar-refractivity contribution < 1.29 is 147 Å². The molecule has 6 N–H and O–H groups in total. The van der Waals surface area contributed by atoms with Crippen LogP contribution in [0.25, 0.3) is 50.0 Å². The molecule has 0 bridgehead atoms. The summed E-state index contributed by atoms with van der Waals surface area (Å²) >= 11 is 0. The first kappa shape index (κ1) is 117. The first-order valence-electron chi connectivity index (χ1n) is 41.6. The van der Waals surface area contributed by atoms with Crippen LogP contribution in [-0.2, 0) is 53.8 Å². The van der Waals surface area contributed by atoms with E-state index >= 15 is 0 Å². The van der Waals surface area contributed by atoms with Gasteiger partial charge in [-0.05, 0) is 165 Å². The number of rotatable bonds is 24. The van der Waals surface area contributed by atoms with E-state index in [1.54, 1.807) is 126 Å². The van der Waals surface area contributed by atoms with Gasteiger partial charge in [0.05, 0.1) is 125 Å². The number of aromatic nitrogens is 5. The third-order valence-electron chi connectivity index (χ3n) is 20.2. The number of carboxylic acid groups (broad SMARTS) is 1. The highest BCUT2D eigenvalue weighted by molar-refractivity contribution is 6.01. The Morgan fingerprint density at radius 1 is 0.493 bits per heavy atom. The van der Waals surface area contributed by atoms with Gasteiger partial charge in [-0.15, -0.1) is 31.7 Å². The van der Waals surface area contributed by atoms with Crippen LogP contribution < -0.4 is 54.5 Å². The molecule has 0 aliphatic carbocycles. The number of aromatic carboxylic acids is 1. The number of benzene rings is 8. The van der Waals surface area contributed by atoms with E-state index in [1.165, 1.54) is 93.9 Å². The van der Waals surface area contributed by atoms with Crippen LogP contribution in [0.2, 0.25) is 0 Å². The zero-order valence-electron chi connectivity index (χ0n) is 78.9. The molecular weight excluding hydrogens is 1950 g/mol. The first-order valence-corrected chi connectivity index (χ1v) is 41.6. The van der Waals surface area contributed by atoms with Crippen molar-refractivity contribution in [3.8, 4) is 128 Å². The number of aldehydes is 1. The van der Waals surface area contributed by atoms with E-state index in [0.717, 1.165) is 70.9 Å². The standard InChI is InChI=1S/2C24H20F4N2O3.C18H17F4NO4.C12H7F4NO2.C12H15NO2.C9H10O3.C3H5N.ClH/c1-14-12-29(13-16-4-6-17(32-2)11-21(16)33-3)23(31)22-18(8-9-30(14)22)15-5-7-20(25)19(10-15)24(26,27)28;1-4-11-30(14-16-5-7-17(32-2)13-21(16)33-3)23(31)22-18(9-10-29-22)15-6-8-20(25)19(12-15)24(26,27)28;1-17(2,3)27-16(25)23-8-7-11(14(23)15(24)26-4)10-5-6-13(19)12(9-10)18(20,21)22;13-9-2-1-6(5-8(9)12(14,15)16)7-3-4-17-10(7)11(18)19;1-4-7-13-9-10-5-6-11(14-2)8-12(10)15-3;1-11-8-4-3-7(6-10)9(5-8)12-2;1-2-3-4;/h4-12H,13H2,1-3H3;1,5-10,12-13,29H,11,14H2,2-3H3;5-9H,1-4H3;1-5,17H,(H,18,19);1,5-6,8,13H,7,9H2,2-3H3;3-6H,1-2H3;1H,3-4H2;1H. The predicted octanol–water partition coefficient (Wildman–Crippen LogP) is 21.8. The van der Waals surface area contributed by atoms with Gasteiger partial charge in [-0.1, -0.05) is 48.1 Å². The Kier molecular flexibility index (Phi) is 42.4. The van der Waals surface area contributed by atoms with Crippen molar-refractivity contribution in [2.45, 2.75) is 77.6 Å². The Hall–Kier alpha value is -16.2. The third kappa shape index (κ3) is 30.9. The molecule has 13 rings (SSSR count). The van der Waals surface area contributed by atoms with Crippen molar-refractivity contribution in [3.05, 3.63) is 302 Å². The molecule has 13 aromatic rings. The Bertz CT molecular complexity index is 6830. The lowest BCUT2D eigenvalue weighted by Gasteiger charge is -2.22. The monoisotopic (exact) mass is 2040 g/mol. The van der Waals surface area contributed by atoms with E-state index in [9.17, 15) is 99.0 Å². The Balaban J connectivity index is 0.000000270. The number of nitrogens with zero attached hydrogens (tertiary/aromatic N) is 4. The summed E-state index contributed by atoms with van der Waals surface area (Å²) in [5, 5.41) is 12.0. The van der Waals surface area contributed by atoms with Crippen LogP contribution in [0, 0.1) is 67.2 Å². The fourth-order valence-corrected chi connectivity index (χ4v) is 13.4. The minimum Gasteiger partial charge on any atom is -0.497 e. The number of alkyl halides is 12. The van der Waals surface area contributed by atoms with Crippen LogP contribution in [0.5, 0.6) is 46.0 Å². The summed E-state index contributed by atoms with van der Waals surface area (Å²) in [4.78, 5) is 79.0. The Labute approximate surface area is 821 Å². The predicted molar refractivity (Wildman–Crippen MR) is 506 cm³/mol. The molecule has 1 amide bonds. The summed E-state index contributed by atoms with van der Waals surface area (Å²) in [6.45, 7) is 8.39. The average molecular weight is 2040 g/mol. The van der Waals surface area contributed by atoms with Crippen LogP contribution in [-0.4, -0.2) is 153 Å². The molecule has 0 atom stereocenters. The van der Waals surface area contributed by atoms with Crippen molar-refractivity contribution >= 4 is 48.1 Å². The summed E-state index contributed by atoms with van der Waals surface area (Å²) in [7, 11) is 13.4. The number of ether oxygens (including phenoxy) is 10. The Morgan fingerprint density at radius 3 is 1.29 bits per heavy atom. The van der Waals surface area contributed by atoms with Crippen LogP contribution in [0.15, 0.2) is 206 Å². The van der Waals surface area contributed by atoms with Gasteiger partial charge in [0.1, 0.15) is 97.5 Å². The van der Waals surface area contributed by atoms with Crippen molar-refractivity contribution in [3.63, 3.8) is 0 Å². The quantitative estimate of drug-likeness (QED) is 0.0123. The maximum absolute atomic E-state index is 13.8. The number of carbonyl (C=O) groups excluding carboxylic acids is 4. The number of H-pyrrole nitrogens is 2. The molecule has 0 saturated carbocycles. The molecule has 0 saturated heterocycles. The Morgan fingerprint density at radius 2 is 0.889 bits per heavy atom. The molecule has 0 aliphatic rings. The number of nitrogens with one attached hydrogen (secondary N) is 3. The number of fused-ring (bicyclic) bond motifs is 1. The van der Waals surface area contributed by atoms with Gasteiger partial charge in [-0.3, -0.25) is 14.4 Å². The van der Waals surface area contributed by atoms with Gasteiger partial charge in [0, 0.05) is 106 Å². The first-order chi connectivity index (χ1) is 67.5. The van der Waals surface area contributed by atoms with Crippen molar-refractivity contribution in [2.24, 2.45) is 5.73 Å². The minimum atomic E-state index is -4.92. The normalized spacial score (nSPS) is 10.9. The number of methoxy groups -OCH3 is 9. The average Bonchev–Trinajstić information content (AvgIpc) is 1.57. The topological polar surface area (TPSA) is 302 Å². The summed E-state index contributed by atoms with van der Waals surface area (Å²) in [5.41, 5.74) is 1.63. The van der Waals surface area contributed by atoms with Gasteiger partial charge in [-0.2, -0.15) is 52.7 Å². The number of hydrogen-bond acceptors (Lipinski definition) is 18. The van der Waals surface area contributed by atoms with E-state index < -0.39 is 105 Å². The lowest BCUT2D eigenvalue weighted by atomic mass is 10.0. The molecule has 764 valence electrons. The SMILES string of the molecule is C#CCN.C#CCN(Cc1ccc(OC)cc1OC)C(=O)c1[nH]ccc1-c1ccc(F)c(C(F)(F)F)c1.C#CCNCc1ccc(OC)cc1OC.COC(=O)c1c(-c2ccc(F)c(C(F)(F)F)c2)ccn1C(=O)OC(C)(C)C.COc1ccc(C=O)c(OC)c1.COc1ccc(Cn2cc(C)n3ccc(-c4ccc(F)c(C(F)(F)F)c4)c3c2=O)c(OC)c1.Cl.O=C(O)c1[nH]ccc1-c1ccc(F)c(C(F)(F)F)c1. The molecule has 8 aromatic carbocycles. The fourth-order valence-electron chi connectivity index (χ4n) is 13.4. The van der Waals surface area contributed by atoms with E-state index in [4.69, 9.17) is 66.3 Å². The second kappa shape index (κ2) is 52.3. The highest BCUT2D eigenvalue weighted by atomic mass is 35.5. The maximum atomic E-state index is 13.8. The number of esters is 1. The van der Waals surface area contributed by atoms with E-state index in [1.807, 2.05) is 18.2 Å². The van der Waals surface area contributed by atoms with E-state index in [2.05, 4.69) is 44.2 Å². The number of amides is 1. The number of nitrogens with two attached hydrogens (primary N) is 1. The van der Waals surface area contributed by atoms with Crippen LogP contribution in [0.1, 0.15) is 107 Å². The number of hydrogen-bond donors (Lipinski definition) is 5. The maximum Gasteiger partial charge on any atom is 0.419 e. The molecule has 5 heterocycles. The zero-order valence-corrected chi connectivity index (χ0v) is 79.7. The van der Waals surface area contributed by atoms with Crippen LogP contribution in [0.3, 0.4) is 0 Å². The smallest absolute Gasteiger partial charge is 0.419 e. The highest BCUT2D eigenvalue weighted by Crippen LogP contribution is 2.42. The molecule has 5 aromatic heterocycles. The summed E-state index contributed by atoms with van der Waals surface area (Å²) < 4.78 is 265. The van der Waals surface area contributed by atoms with Gasteiger partial charge in [0.25, 0.3) is 11.5 Å². The highest BCUT2D eigenvalue weighted by Gasteiger charge is 2.39. The molecule has 144 heavy (non-hydrogen) atoms. The lowest BCUT2D eigenvalue weighted by molar-refractivity contribution is -0.140. The number of terminal acetylenes is 3.